The third-order valence-electron chi connectivity index (χ3n) is 4.55. The summed E-state index contributed by atoms with van der Waals surface area (Å²) in [7, 11) is 0. The molecule has 26 heavy (non-hydrogen) atoms. The molecular formula is C19H22Cl2N4O. The third-order valence-corrected chi connectivity index (χ3v) is 5.13. The smallest absolute Gasteiger partial charge is 0.254 e. The molecule has 0 spiro atoms. The fraction of sp³-hybridized carbons (Fsp3) is 0.421. The van der Waals surface area contributed by atoms with Crippen molar-refractivity contribution in [2.24, 2.45) is 0 Å². The summed E-state index contributed by atoms with van der Waals surface area (Å²) in [5, 5.41) is 7.41. The molecule has 1 fully saturated rings. The zero-order valence-electron chi connectivity index (χ0n) is 14.5. The topological polar surface area (TPSA) is 66.9 Å². The highest BCUT2D eigenvalue weighted by Crippen LogP contribution is 2.21. The van der Waals surface area contributed by atoms with Gasteiger partial charge in [-0.05, 0) is 37.0 Å². The number of carbonyl (C=O) groups is 1. The Balaban J connectivity index is 1.48. The fourth-order valence-electron chi connectivity index (χ4n) is 3.09. The molecule has 0 unspecified atom stereocenters. The summed E-state index contributed by atoms with van der Waals surface area (Å²) in [5.41, 5.74) is 1.39. The van der Waals surface area contributed by atoms with E-state index in [0.717, 1.165) is 18.4 Å². The predicted molar refractivity (Wildman–Crippen MR) is 105 cm³/mol. The van der Waals surface area contributed by atoms with E-state index >= 15 is 0 Å². The number of hydrogen-bond acceptors (Lipinski definition) is 4. The third kappa shape index (κ3) is 5.32. The normalized spacial score (nSPS) is 14.8. The Hall–Kier alpha value is -1.85. The molecule has 1 aliphatic carbocycles. The van der Waals surface area contributed by atoms with E-state index in [1.165, 1.54) is 19.3 Å². The molecule has 1 amide bonds. The van der Waals surface area contributed by atoms with E-state index in [1.54, 1.807) is 24.5 Å². The monoisotopic (exact) mass is 392 g/mol. The number of amides is 1. The number of rotatable bonds is 6. The van der Waals surface area contributed by atoms with Crippen LogP contribution in [0.4, 0.5) is 5.95 Å². The van der Waals surface area contributed by atoms with Crippen molar-refractivity contribution in [1.29, 1.82) is 0 Å². The van der Waals surface area contributed by atoms with E-state index in [2.05, 4.69) is 20.6 Å². The first-order valence-electron chi connectivity index (χ1n) is 8.92. The van der Waals surface area contributed by atoms with Gasteiger partial charge in [0, 0.05) is 35.0 Å². The number of anilines is 1. The Labute approximate surface area is 163 Å². The van der Waals surface area contributed by atoms with Crippen LogP contribution in [-0.2, 0) is 6.42 Å². The lowest BCUT2D eigenvalue weighted by atomic mass is 9.96. The van der Waals surface area contributed by atoms with Crippen LogP contribution in [0.2, 0.25) is 10.0 Å². The summed E-state index contributed by atoms with van der Waals surface area (Å²) in [6.45, 7) is 0.474. The number of nitrogens with zero attached hydrogens (tertiary/aromatic N) is 2. The average Bonchev–Trinajstić information content (AvgIpc) is 2.65. The van der Waals surface area contributed by atoms with Gasteiger partial charge in [-0.15, -0.1) is 0 Å². The molecule has 2 N–H and O–H groups in total. The van der Waals surface area contributed by atoms with Crippen LogP contribution in [0.15, 0.2) is 30.6 Å². The average molecular weight is 393 g/mol. The summed E-state index contributed by atoms with van der Waals surface area (Å²) in [6.07, 6.45) is 9.85. The van der Waals surface area contributed by atoms with Gasteiger partial charge in [0.15, 0.2) is 0 Å². The lowest BCUT2D eigenvalue weighted by molar-refractivity contribution is 0.0953. The largest absolute Gasteiger partial charge is 0.352 e. The van der Waals surface area contributed by atoms with E-state index in [9.17, 15) is 4.79 Å². The van der Waals surface area contributed by atoms with Crippen molar-refractivity contribution in [1.82, 2.24) is 15.3 Å². The van der Waals surface area contributed by atoms with Crippen molar-refractivity contribution in [2.75, 3.05) is 11.9 Å². The van der Waals surface area contributed by atoms with E-state index in [1.807, 2.05) is 6.07 Å². The summed E-state index contributed by atoms with van der Waals surface area (Å²) in [5.74, 6) is 0.390. The van der Waals surface area contributed by atoms with Crippen molar-refractivity contribution >= 4 is 35.1 Å². The van der Waals surface area contributed by atoms with Crippen LogP contribution >= 0.6 is 23.2 Å². The maximum Gasteiger partial charge on any atom is 0.254 e. The van der Waals surface area contributed by atoms with Crippen LogP contribution in [0.5, 0.6) is 0 Å². The van der Waals surface area contributed by atoms with Gasteiger partial charge in [-0.2, -0.15) is 0 Å². The quantitative estimate of drug-likeness (QED) is 0.758. The lowest BCUT2D eigenvalue weighted by Crippen LogP contribution is -2.27. The first kappa shape index (κ1) is 18.9. The molecule has 5 nitrogen and oxygen atoms in total. The fourth-order valence-corrected chi connectivity index (χ4v) is 3.59. The van der Waals surface area contributed by atoms with Gasteiger partial charge in [0.05, 0.1) is 5.56 Å². The maximum atomic E-state index is 12.2. The van der Waals surface area contributed by atoms with Gasteiger partial charge < -0.3 is 10.6 Å². The summed E-state index contributed by atoms with van der Waals surface area (Å²) in [4.78, 5) is 20.7. The Morgan fingerprint density at radius 2 is 1.85 bits per heavy atom. The van der Waals surface area contributed by atoms with Crippen molar-refractivity contribution in [2.45, 2.75) is 44.6 Å². The van der Waals surface area contributed by atoms with Crippen LogP contribution in [0.1, 0.15) is 48.0 Å². The molecule has 3 rings (SSSR count). The maximum absolute atomic E-state index is 12.2. The Kier molecular flexibility index (Phi) is 6.69. The molecule has 0 radical (unpaired) electrons. The van der Waals surface area contributed by atoms with Gasteiger partial charge >= 0.3 is 0 Å². The highest BCUT2D eigenvalue weighted by atomic mass is 35.5. The molecule has 7 heteroatoms. The second-order valence-corrected chi connectivity index (χ2v) is 7.36. The SMILES string of the molecule is O=C(NCCc1ccc(Cl)cc1Cl)c1cnc(NC2CCCCC2)nc1. The second kappa shape index (κ2) is 9.19. The molecule has 1 aromatic heterocycles. The van der Waals surface area contributed by atoms with Crippen LogP contribution in [-0.4, -0.2) is 28.5 Å². The van der Waals surface area contributed by atoms with Gasteiger partial charge in [-0.3, -0.25) is 4.79 Å². The minimum atomic E-state index is -0.195. The predicted octanol–water partition coefficient (Wildman–Crippen LogP) is 4.50. The van der Waals surface area contributed by atoms with Gasteiger partial charge in [0.1, 0.15) is 0 Å². The highest BCUT2D eigenvalue weighted by molar-refractivity contribution is 6.35. The van der Waals surface area contributed by atoms with Crippen LogP contribution in [0.25, 0.3) is 0 Å². The van der Waals surface area contributed by atoms with Crippen LogP contribution in [0.3, 0.4) is 0 Å². The Morgan fingerprint density at radius 3 is 2.54 bits per heavy atom. The molecule has 0 bridgehead atoms. The second-order valence-electron chi connectivity index (χ2n) is 6.52. The molecule has 1 aliphatic rings. The first-order chi connectivity index (χ1) is 12.6. The van der Waals surface area contributed by atoms with Crippen LogP contribution in [0, 0.1) is 0 Å². The zero-order valence-corrected chi connectivity index (χ0v) is 16.0. The van der Waals surface area contributed by atoms with Crippen molar-refractivity contribution in [3.63, 3.8) is 0 Å². The van der Waals surface area contributed by atoms with Gasteiger partial charge in [-0.25, -0.2) is 9.97 Å². The summed E-state index contributed by atoms with van der Waals surface area (Å²) in [6, 6.07) is 5.79. The van der Waals surface area contributed by atoms with E-state index in [-0.39, 0.29) is 5.91 Å². The van der Waals surface area contributed by atoms with Crippen molar-refractivity contribution in [3.05, 3.63) is 51.8 Å². The van der Waals surface area contributed by atoms with E-state index < -0.39 is 0 Å². The van der Waals surface area contributed by atoms with Crippen LogP contribution < -0.4 is 10.6 Å². The van der Waals surface area contributed by atoms with E-state index in [4.69, 9.17) is 23.2 Å². The molecule has 1 saturated carbocycles. The van der Waals surface area contributed by atoms with Crippen molar-refractivity contribution in [3.8, 4) is 0 Å². The molecular weight excluding hydrogens is 371 g/mol. The standard InChI is InChI=1S/C19H22Cl2N4O/c20-15-7-6-13(17(21)10-15)8-9-22-18(26)14-11-23-19(24-12-14)25-16-4-2-1-3-5-16/h6-7,10-12,16H,1-5,8-9H2,(H,22,26)(H,23,24,25). The molecule has 1 aromatic carbocycles. The zero-order chi connectivity index (χ0) is 18.4. The lowest BCUT2D eigenvalue weighted by Gasteiger charge is -2.22. The number of nitrogens with one attached hydrogen (secondary N) is 2. The number of carbonyl (C=O) groups excluding carboxylic acids is 1. The number of aromatic nitrogens is 2. The molecule has 2 aromatic rings. The van der Waals surface area contributed by atoms with Gasteiger partial charge in [0.2, 0.25) is 5.95 Å². The summed E-state index contributed by atoms with van der Waals surface area (Å²) < 4.78 is 0. The molecule has 0 saturated heterocycles. The Morgan fingerprint density at radius 1 is 1.12 bits per heavy atom. The van der Waals surface area contributed by atoms with E-state index in [0.29, 0.717) is 40.6 Å². The van der Waals surface area contributed by atoms with Gasteiger partial charge in [-0.1, -0.05) is 48.5 Å². The number of halogens is 2. The summed E-state index contributed by atoms with van der Waals surface area (Å²) >= 11 is 12.0. The van der Waals surface area contributed by atoms with Crippen molar-refractivity contribution < 1.29 is 4.79 Å². The molecule has 138 valence electrons. The first-order valence-corrected chi connectivity index (χ1v) is 9.68. The molecule has 0 aliphatic heterocycles. The number of hydrogen-bond donors (Lipinski definition) is 2. The Bertz CT molecular complexity index is 746. The highest BCUT2D eigenvalue weighted by Gasteiger charge is 2.14. The minimum Gasteiger partial charge on any atom is -0.352 e. The number of benzene rings is 1. The molecule has 0 atom stereocenters. The van der Waals surface area contributed by atoms with Gasteiger partial charge in [0.25, 0.3) is 5.91 Å². The molecule has 1 heterocycles. The minimum absolute atomic E-state index is 0.195.